The van der Waals surface area contributed by atoms with Gasteiger partial charge in [-0.05, 0) is 69.2 Å². The summed E-state index contributed by atoms with van der Waals surface area (Å²) < 4.78 is 66.5. The van der Waals surface area contributed by atoms with Gasteiger partial charge < -0.3 is 14.8 Å². The van der Waals surface area contributed by atoms with Crippen molar-refractivity contribution in [2.24, 2.45) is 5.92 Å². The Labute approximate surface area is 237 Å². The summed E-state index contributed by atoms with van der Waals surface area (Å²) in [5, 5.41) is 3.26. The van der Waals surface area contributed by atoms with Gasteiger partial charge in [-0.25, -0.2) is 27.2 Å². The maximum atomic E-state index is 13.6. The zero-order valence-electron chi connectivity index (χ0n) is 23.2. The molecule has 2 aliphatic heterocycles. The lowest BCUT2D eigenvalue weighted by atomic mass is 9.99. The van der Waals surface area contributed by atoms with E-state index in [1.54, 1.807) is 18.2 Å². The number of benzene rings is 1. The number of halogens is 2. The number of fused-ring (bicyclic) bond motifs is 1. The summed E-state index contributed by atoms with van der Waals surface area (Å²) in [6.45, 7) is 1.82. The Morgan fingerprint density at radius 2 is 1.90 bits per heavy atom. The molecule has 6 rings (SSSR count). The third-order valence-corrected chi connectivity index (χ3v) is 9.16. The number of hydrogen-bond acceptors (Lipinski definition) is 8. The average Bonchev–Trinajstić information content (AvgIpc) is 3.72. The number of pyridine rings is 1. The molecular formula is C29H34F2N4O5S. The molecule has 2 unspecified atom stereocenters. The summed E-state index contributed by atoms with van der Waals surface area (Å²) in [6.07, 6.45) is 4.81. The lowest BCUT2D eigenvalue weighted by molar-refractivity contribution is -0.145. The number of carbonyl (C=O) groups excluding carboxylic acids is 1. The number of rotatable bonds is 8. The maximum Gasteiger partial charge on any atom is 0.271 e. The lowest BCUT2D eigenvalue weighted by Gasteiger charge is -2.29. The number of hydrogen-bond donors (Lipinski definition) is 1. The quantitative estimate of drug-likeness (QED) is 0.362. The van der Waals surface area contributed by atoms with Crippen LogP contribution in [0.2, 0.25) is 0 Å². The Bertz CT molecular complexity index is 1590. The average molecular weight is 589 g/mol. The lowest BCUT2D eigenvalue weighted by Crippen LogP contribution is -2.31. The molecule has 4 heterocycles. The fraction of sp³-hybridized carbons (Fsp3) is 0.552. The first kappa shape index (κ1) is 28.2. The van der Waals surface area contributed by atoms with Gasteiger partial charge in [0, 0.05) is 31.6 Å². The van der Waals surface area contributed by atoms with Crippen molar-refractivity contribution >= 4 is 38.2 Å². The standard InChI is InChI=1S/C29H34F2N4O5S/c1-17-32-27-22(14-20(15-23(36)18-6-7-18)33-28(27)35(17)26-5-3-4-12-39-26)34-21-9-8-19(13-25(21)41(2,37)38)24-10-11-29(30,31)16-40-24/h8-9,13-14,18,24,26H,3-7,10-12,15-16H2,1-2H3,(H,33,34). The van der Waals surface area contributed by atoms with Gasteiger partial charge in [0.25, 0.3) is 5.92 Å². The molecule has 1 aliphatic carbocycles. The summed E-state index contributed by atoms with van der Waals surface area (Å²) >= 11 is 0. The molecule has 3 aromatic rings. The Kier molecular flexibility index (Phi) is 7.36. The largest absolute Gasteiger partial charge is 0.367 e. The van der Waals surface area contributed by atoms with Crippen LogP contribution in [0.25, 0.3) is 11.2 Å². The summed E-state index contributed by atoms with van der Waals surface area (Å²) in [4.78, 5) is 22.4. The summed E-state index contributed by atoms with van der Waals surface area (Å²) in [7, 11) is -3.72. The minimum Gasteiger partial charge on any atom is -0.367 e. The number of nitrogens with one attached hydrogen (secondary N) is 1. The van der Waals surface area contributed by atoms with Gasteiger partial charge in [0.05, 0.1) is 28.1 Å². The van der Waals surface area contributed by atoms with Crippen molar-refractivity contribution in [3.05, 3.63) is 41.3 Å². The second-order valence-corrected chi connectivity index (χ2v) is 13.4. The Morgan fingerprint density at radius 3 is 2.56 bits per heavy atom. The summed E-state index contributed by atoms with van der Waals surface area (Å²) in [6, 6.07) is 6.56. The topological polar surface area (TPSA) is 112 Å². The van der Waals surface area contributed by atoms with Gasteiger partial charge in [-0.2, -0.15) is 0 Å². The van der Waals surface area contributed by atoms with Gasteiger partial charge in [-0.1, -0.05) is 6.07 Å². The van der Waals surface area contributed by atoms with Gasteiger partial charge in [0.15, 0.2) is 15.5 Å². The van der Waals surface area contributed by atoms with Gasteiger partial charge in [0.2, 0.25) is 0 Å². The van der Waals surface area contributed by atoms with Gasteiger partial charge >= 0.3 is 0 Å². The van der Waals surface area contributed by atoms with E-state index in [9.17, 15) is 22.0 Å². The highest BCUT2D eigenvalue weighted by Gasteiger charge is 2.37. The van der Waals surface area contributed by atoms with Crippen LogP contribution >= 0.6 is 0 Å². The van der Waals surface area contributed by atoms with Crippen molar-refractivity contribution < 1.29 is 31.5 Å². The number of carbonyl (C=O) groups is 1. The second kappa shape index (κ2) is 10.7. The third kappa shape index (κ3) is 6.00. The van der Waals surface area contributed by atoms with Crippen LogP contribution in [0.15, 0.2) is 29.2 Å². The van der Waals surface area contributed by atoms with Crippen molar-refractivity contribution in [2.45, 2.75) is 81.4 Å². The van der Waals surface area contributed by atoms with Gasteiger partial charge in [0.1, 0.15) is 30.0 Å². The molecule has 0 bridgehead atoms. The first-order valence-corrected chi connectivity index (χ1v) is 16.0. The molecule has 2 atom stereocenters. The van der Waals surface area contributed by atoms with Crippen LogP contribution in [-0.2, 0) is 30.5 Å². The normalized spacial score (nSPS) is 23.0. The molecular weight excluding hydrogens is 554 g/mol. The molecule has 12 heteroatoms. The number of imidazole rings is 1. The van der Waals surface area contributed by atoms with Crippen LogP contribution in [0.4, 0.5) is 20.2 Å². The molecule has 2 aromatic heterocycles. The van der Waals surface area contributed by atoms with E-state index < -0.39 is 28.5 Å². The summed E-state index contributed by atoms with van der Waals surface area (Å²) in [5.74, 6) is -1.96. The second-order valence-electron chi connectivity index (χ2n) is 11.4. The van der Waals surface area contributed by atoms with E-state index in [4.69, 9.17) is 19.4 Å². The molecule has 2 saturated heterocycles. The number of aromatic nitrogens is 3. The maximum absolute atomic E-state index is 13.6. The zero-order valence-corrected chi connectivity index (χ0v) is 24.0. The summed E-state index contributed by atoms with van der Waals surface area (Å²) in [5.41, 5.74) is 3.05. The van der Waals surface area contributed by atoms with Crippen molar-refractivity contribution in [2.75, 3.05) is 24.8 Å². The van der Waals surface area contributed by atoms with Crippen LogP contribution in [0.5, 0.6) is 0 Å². The molecule has 220 valence electrons. The third-order valence-electron chi connectivity index (χ3n) is 8.02. The molecule has 1 saturated carbocycles. The van der Waals surface area contributed by atoms with E-state index in [0.717, 1.165) is 38.4 Å². The number of nitrogens with zero attached hydrogens (tertiary/aromatic N) is 3. The van der Waals surface area contributed by atoms with Gasteiger partial charge in [-0.3, -0.25) is 9.36 Å². The monoisotopic (exact) mass is 588 g/mol. The Morgan fingerprint density at radius 1 is 1.10 bits per heavy atom. The van der Waals surface area contributed by atoms with E-state index in [1.807, 2.05) is 11.5 Å². The first-order valence-electron chi connectivity index (χ1n) is 14.1. The smallest absolute Gasteiger partial charge is 0.271 e. The van der Waals surface area contributed by atoms with Crippen LogP contribution in [0.1, 0.15) is 74.4 Å². The highest BCUT2D eigenvalue weighted by Crippen LogP contribution is 2.39. The highest BCUT2D eigenvalue weighted by molar-refractivity contribution is 7.90. The molecule has 1 aromatic carbocycles. The molecule has 3 fully saturated rings. The van der Waals surface area contributed by atoms with Crippen LogP contribution in [0, 0.1) is 12.8 Å². The van der Waals surface area contributed by atoms with Crippen molar-refractivity contribution in [3.8, 4) is 0 Å². The van der Waals surface area contributed by atoms with Crippen molar-refractivity contribution in [3.63, 3.8) is 0 Å². The molecule has 0 spiro atoms. The molecule has 0 radical (unpaired) electrons. The van der Waals surface area contributed by atoms with Gasteiger partial charge in [-0.15, -0.1) is 0 Å². The van der Waals surface area contributed by atoms with E-state index in [-0.39, 0.29) is 42.1 Å². The van der Waals surface area contributed by atoms with E-state index in [2.05, 4.69) is 5.32 Å². The zero-order chi connectivity index (χ0) is 28.9. The van der Waals surface area contributed by atoms with Crippen LogP contribution in [-0.4, -0.2) is 54.1 Å². The number of ketones is 1. The number of aryl methyl sites for hydroxylation is 1. The van der Waals surface area contributed by atoms with Crippen molar-refractivity contribution in [1.82, 2.24) is 14.5 Å². The van der Waals surface area contributed by atoms with Crippen molar-refractivity contribution in [1.29, 1.82) is 0 Å². The van der Waals surface area contributed by atoms with E-state index in [0.29, 0.717) is 46.2 Å². The van der Waals surface area contributed by atoms with E-state index >= 15 is 0 Å². The van der Waals surface area contributed by atoms with Crippen LogP contribution in [0.3, 0.4) is 0 Å². The first-order chi connectivity index (χ1) is 19.5. The number of alkyl halides is 2. The molecule has 9 nitrogen and oxygen atoms in total. The fourth-order valence-corrected chi connectivity index (χ4v) is 6.56. The number of sulfone groups is 1. The Balaban J connectivity index is 1.40. The molecule has 0 amide bonds. The SMILES string of the molecule is Cc1nc2c(Nc3ccc(C4CCC(F)(F)CO4)cc3S(C)(=O)=O)cc(CC(=O)C3CC3)nc2n1C1CCCCO1. The predicted octanol–water partition coefficient (Wildman–Crippen LogP) is 5.59. The molecule has 3 aliphatic rings. The minimum atomic E-state index is -3.72. The highest BCUT2D eigenvalue weighted by atomic mass is 32.2. The van der Waals surface area contributed by atoms with Crippen LogP contribution < -0.4 is 5.32 Å². The minimum absolute atomic E-state index is 0.0169. The molecule has 1 N–H and O–H groups in total. The number of anilines is 2. The fourth-order valence-electron chi connectivity index (χ4n) is 5.69. The molecule has 41 heavy (non-hydrogen) atoms. The number of Topliss-reactive ketones (excluding diaryl/α,β-unsaturated/α-hetero) is 1. The van der Waals surface area contributed by atoms with E-state index in [1.165, 1.54) is 6.07 Å². The Hall–Kier alpha value is -2.96. The predicted molar refractivity (Wildman–Crippen MR) is 148 cm³/mol. The number of ether oxygens (including phenoxy) is 2.